The molecule has 0 aromatic heterocycles. The lowest BCUT2D eigenvalue weighted by molar-refractivity contribution is -0.274. The molecule has 0 radical (unpaired) electrons. The Hall–Kier alpha value is -1.44. The highest BCUT2D eigenvalue weighted by Gasteiger charge is 2.30. The molecule has 2 aromatic rings. The molecule has 20 heavy (non-hydrogen) atoms. The van der Waals surface area contributed by atoms with Crippen LogP contribution in [0.25, 0.3) is 0 Å². The number of rotatable bonds is 4. The summed E-state index contributed by atoms with van der Waals surface area (Å²) in [6.45, 7) is 0.358. The van der Waals surface area contributed by atoms with Gasteiger partial charge in [0.25, 0.3) is 0 Å². The monoisotopic (exact) mass is 394 g/mol. The first kappa shape index (κ1) is 15.0. The Morgan fingerprint density at radius 3 is 1.95 bits per heavy atom. The van der Waals surface area contributed by atoms with Crippen molar-refractivity contribution < 1.29 is 22.6 Å². The van der Waals surface area contributed by atoms with Gasteiger partial charge in [0.1, 0.15) is 18.1 Å². The van der Waals surface area contributed by atoms with Crippen LogP contribution in [0.3, 0.4) is 0 Å². The topological polar surface area (TPSA) is 18.5 Å². The Balaban J connectivity index is 1.92. The molecular weight excluding hydrogens is 384 g/mol. The van der Waals surface area contributed by atoms with Gasteiger partial charge in [0.15, 0.2) is 0 Å². The van der Waals surface area contributed by atoms with E-state index in [-0.39, 0.29) is 5.75 Å². The number of alkyl halides is 3. The lowest BCUT2D eigenvalue weighted by Crippen LogP contribution is -2.16. The van der Waals surface area contributed by atoms with Crippen molar-refractivity contribution in [3.8, 4) is 11.5 Å². The molecule has 0 spiro atoms. The van der Waals surface area contributed by atoms with Crippen LogP contribution in [-0.4, -0.2) is 6.36 Å². The van der Waals surface area contributed by atoms with Gasteiger partial charge in [0.05, 0.1) is 0 Å². The van der Waals surface area contributed by atoms with E-state index in [0.29, 0.717) is 12.4 Å². The van der Waals surface area contributed by atoms with Crippen molar-refractivity contribution in [1.82, 2.24) is 0 Å². The van der Waals surface area contributed by atoms with E-state index in [1.165, 1.54) is 24.3 Å². The summed E-state index contributed by atoms with van der Waals surface area (Å²) < 4.78 is 46.3. The third-order valence-corrected chi connectivity index (χ3v) is 3.10. The fraction of sp³-hybridized carbons (Fsp3) is 0.143. The molecule has 106 valence electrons. The van der Waals surface area contributed by atoms with Crippen molar-refractivity contribution in [1.29, 1.82) is 0 Å². The Bertz CT molecular complexity index is 550. The number of ether oxygens (including phenoxy) is 2. The second kappa shape index (κ2) is 6.34. The summed E-state index contributed by atoms with van der Waals surface area (Å²) in [5.41, 5.74) is 0.987. The summed E-state index contributed by atoms with van der Waals surface area (Å²) in [6.07, 6.45) is -4.68. The van der Waals surface area contributed by atoms with Gasteiger partial charge in [-0.1, -0.05) is 12.1 Å². The van der Waals surface area contributed by atoms with Gasteiger partial charge in [0, 0.05) is 3.57 Å². The Morgan fingerprint density at radius 1 is 0.850 bits per heavy atom. The normalized spacial score (nSPS) is 11.2. The molecule has 0 fully saturated rings. The molecule has 0 saturated carbocycles. The third-order valence-electron chi connectivity index (χ3n) is 2.38. The summed E-state index contributed by atoms with van der Waals surface area (Å²) in [7, 11) is 0. The van der Waals surface area contributed by atoms with Gasteiger partial charge >= 0.3 is 6.36 Å². The molecule has 0 aliphatic carbocycles. The minimum absolute atomic E-state index is 0.265. The zero-order valence-corrected chi connectivity index (χ0v) is 12.3. The molecule has 0 aliphatic heterocycles. The molecule has 0 unspecified atom stereocenters. The molecular formula is C14H10F3IO2. The van der Waals surface area contributed by atoms with E-state index in [0.717, 1.165) is 9.13 Å². The zero-order valence-electron chi connectivity index (χ0n) is 10.2. The second-order valence-corrected chi connectivity index (χ2v) is 5.18. The largest absolute Gasteiger partial charge is 0.573 e. The first-order valence-electron chi connectivity index (χ1n) is 5.65. The fourth-order valence-corrected chi connectivity index (χ4v) is 1.84. The predicted molar refractivity (Wildman–Crippen MR) is 76.6 cm³/mol. The molecule has 2 nitrogen and oxygen atoms in total. The van der Waals surface area contributed by atoms with Crippen LogP contribution >= 0.6 is 22.6 Å². The van der Waals surface area contributed by atoms with Crippen molar-refractivity contribution in [3.63, 3.8) is 0 Å². The van der Waals surface area contributed by atoms with Gasteiger partial charge in [0.2, 0.25) is 0 Å². The molecule has 6 heteroatoms. The summed E-state index contributed by atoms with van der Waals surface area (Å²) >= 11 is 2.20. The first-order chi connectivity index (χ1) is 9.42. The molecule has 0 bridgehead atoms. The standard InChI is InChI=1S/C14H10F3IO2/c15-14(16,17)20-13-7-5-12(6-8-13)19-9-10-1-3-11(18)4-2-10/h1-8H,9H2. The van der Waals surface area contributed by atoms with Crippen LogP contribution < -0.4 is 9.47 Å². The van der Waals surface area contributed by atoms with Crippen LogP contribution in [0.4, 0.5) is 13.2 Å². The molecule has 0 N–H and O–H groups in total. The van der Waals surface area contributed by atoms with Crippen molar-refractivity contribution in [2.45, 2.75) is 13.0 Å². The van der Waals surface area contributed by atoms with Crippen LogP contribution in [0, 0.1) is 3.57 Å². The highest BCUT2D eigenvalue weighted by Crippen LogP contribution is 2.25. The zero-order chi connectivity index (χ0) is 14.6. The maximum absolute atomic E-state index is 12.0. The average molecular weight is 394 g/mol. The first-order valence-corrected chi connectivity index (χ1v) is 6.73. The van der Waals surface area contributed by atoms with Gasteiger partial charge in [-0.2, -0.15) is 0 Å². The van der Waals surface area contributed by atoms with Crippen LogP contribution in [0.5, 0.6) is 11.5 Å². The van der Waals surface area contributed by atoms with Crippen LogP contribution in [-0.2, 0) is 6.61 Å². The highest BCUT2D eigenvalue weighted by atomic mass is 127. The van der Waals surface area contributed by atoms with Crippen molar-refractivity contribution in [2.24, 2.45) is 0 Å². The number of hydrogen-bond acceptors (Lipinski definition) is 2. The summed E-state index contributed by atoms with van der Waals surface area (Å²) in [5.74, 6) is 0.220. The second-order valence-electron chi connectivity index (χ2n) is 3.93. The minimum atomic E-state index is -4.68. The SMILES string of the molecule is FC(F)(F)Oc1ccc(OCc2ccc(I)cc2)cc1. The summed E-state index contributed by atoms with van der Waals surface area (Å²) in [6, 6.07) is 13.1. The molecule has 2 aromatic carbocycles. The molecule has 0 heterocycles. The van der Waals surface area contributed by atoms with Crippen molar-refractivity contribution >= 4 is 22.6 Å². The average Bonchev–Trinajstić information content (AvgIpc) is 2.38. The van der Waals surface area contributed by atoms with E-state index in [4.69, 9.17) is 4.74 Å². The summed E-state index contributed by atoms with van der Waals surface area (Å²) in [5, 5.41) is 0. The van der Waals surface area contributed by atoms with Crippen LogP contribution in [0.15, 0.2) is 48.5 Å². The van der Waals surface area contributed by atoms with E-state index in [1.54, 1.807) is 0 Å². The molecule has 0 aliphatic rings. The maximum Gasteiger partial charge on any atom is 0.573 e. The number of hydrogen-bond donors (Lipinski definition) is 0. The van der Waals surface area contributed by atoms with Crippen LogP contribution in [0.2, 0.25) is 0 Å². The van der Waals surface area contributed by atoms with Gasteiger partial charge in [-0.25, -0.2) is 0 Å². The van der Waals surface area contributed by atoms with Gasteiger partial charge in [-0.15, -0.1) is 13.2 Å². The lowest BCUT2D eigenvalue weighted by Gasteiger charge is -2.10. The van der Waals surface area contributed by atoms with E-state index in [9.17, 15) is 13.2 Å². The Labute approximate surface area is 127 Å². The maximum atomic E-state index is 12.0. The number of halogens is 4. The molecule has 0 atom stereocenters. The van der Waals surface area contributed by atoms with E-state index < -0.39 is 6.36 Å². The molecule has 0 saturated heterocycles. The third kappa shape index (κ3) is 4.92. The summed E-state index contributed by atoms with van der Waals surface area (Å²) in [4.78, 5) is 0. The van der Waals surface area contributed by atoms with Crippen molar-refractivity contribution in [3.05, 3.63) is 57.7 Å². The minimum Gasteiger partial charge on any atom is -0.489 e. The van der Waals surface area contributed by atoms with Crippen LogP contribution in [0.1, 0.15) is 5.56 Å². The van der Waals surface area contributed by atoms with Gasteiger partial charge in [-0.3, -0.25) is 0 Å². The van der Waals surface area contributed by atoms with Crippen molar-refractivity contribution in [2.75, 3.05) is 0 Å². The quantitative estimate of drug-likeness (QED) is 0.696. The lowest BCUT2D eigenvalue weighted by atomic mass is 10.2. The van der Waals surface area contributed by atoms with E-state index >= 15 is 0 Å². The van der Waals surface area contributed by atoms with Gasteiger partial charge in [-0.05, 0) is 64.6 Å². The highest BCUT2D eigenvalue weighted by molar-refractivity contribution is 14.1. The Morgan fingerprint density at radius 2 is 1.40 bits per heavy atom. The predicted octanol–water partition coefficient (Wildman–Crippen LogP) is 4.77. The van der Waals surface area contributed by atoms with E-state index in [2.05, 4.69) is 27.3 Å². The van der Waals surface area contributed by atoms with E-state index in [1.807, 2.05) is 24.3 Å². The Kier molecular flexibility index (Phi) is 4.74. The smallest absolute Gasteiger partial charge is 0.489 e. The fourth-order valence-electron chi connectivity index (χ4n) is 1.48. The van der Waals surface area contributed by atoms with Gasteiger partial charge < -0.3 is 9.47 Å². The molecule has 0 amide bonds. The number of benzene rings is 2. The molecule has 2 rings (SSSR count).